The highest BCUT2D eigenvalue weighted by Crippen LogP contribution is 2.40. The molecule has 1 aliphatic rings. The van der Waals surface area contributed by atoms with Gasteiger partial charge in [-0.2, -0.15) is 5.10 Å². The van der Waals surface area contributed by atoms with Crippen LogP contribution >= 0.6 is 38.9 Å². The Labute approximate surface area is 208 Å². The second-order valence-electron chi connectivity index (χ2n) is 7.53. The predicted molar refractivity (Wildman–Crippen MR) is 136 cm³/mol. The van der Waals surface area contributed by atoms with Crippen LogP contribution in [0.5, 0.6) is 5.75 Å². The Balaban J connectivity index is 1.53. The highest BCUT2D eigenvalue weighted by molar-refractivity contribution is 9.10. The van der Waals surface area contributed by atoms with Crippen molar-refractivity contribution in [2.24, 2.45) is 5.10 Å². The summed E-state index contributed by atoms with van der Waals surface area (Å²) in [5, 5.41) is 10.3. The molecular formula is C25H18BrClFN3OS. The second-order valence-corrected chi connectivity index (χ2v) is 9.72. The van der Waals surface area contributed by atoms with Gasteiger partial charge in [-0.1, -0.05) is 51.8 Å². The number of hydrazone groups is 1. The summed E-state index contributed by atoms with van der Waals surface area (Å²) in [7, 11) is 1.45. The van der Waals surface area contributed by atoms with E-state index in [1.54, 1.807) is 6.07 Å². The molecule has 8 heteroatoms. The Morgan fingerprint density at radius 1 is 1.06 bits per heavy atom. The quantitative estimate of drug-likeness (QED) is 0.259. The molecule has 5 rings (SSSR count). The topological polar surface area (TPSA) is 37.7 Å². The second kappa shape index (κ2) is 9.25. The van der Waals surface area contributed by atoms with Gasteiger partial charge in [-0.05, 0) is 48.0 Å². The molecule has 0 saturated heterocycles. The van der Waals surface area contributed by atoms with Crippen molar-refractivity contribution >= 4 is 49.7 Å². The average Bonchev–Trinajstić information content (AvgIpc) is 3.48. The minimum Gasteiger partial charge on any atom is -0.494 e. The summed E-state index contributed by atoms with van der Waals surface area (Å²) in [5.41, 5.74) is 4.49. The first-order chi connectivity index (χ1) is 16.0. The number of rotatable bonds is 5. The van der Waals surface area contributed by atoms with Gasteiger partial charge in [-0.3, -0.25) is 0 Å². The maximum absolute atomic E-state index is 14.4. The van der Waals surface area contributed by atoms with E-state index in [0.29, 0.717) is 11.4 Å². The van der Waals surface area contributed by atoms with E-state index < -0.39 is 5.82 Å². The molecule has 4 nitrogen and oxygen atoms in total. The number of hydrogen-bond acceptors (Lipinski definition) is 5. The van der Waals surface area contributed by atoms with E-state index in [1.807, 2.05) is 65.0 Å². The number of thiazole rings is 1. The van der Waals surface area contributed by atoms with Gasteiger partial charge >= 0.3 is 0 Å². The molecule has 2 heterocycles. The first kappa shape index (κ1) is 22.1. The van der Waals surface area contributed by atoms with E-state index in [0.717, 1.165) is 37.7 Å². The lowest BCUT2D eigenvalue weighted by atomic mass is 9.98. The van der Waals surface area contributed by atoms with Crippen LogP contribution in [0, 0.1) is 5.82 Å². The summed E-state index contributed by atoms with van der Waals surface area (Å²) in [5.74, 6) is -0.200. The molecule has 0 fully saturated rings. The maximum atomic E-state index is 14.4. The first-order valence-corrected chi connectivity index (χ1v) is 12.2. The highest BCUT2D eigenvalue weighted by Gasteiger charge is 2.32. The van der Waals surface area contributed by atoms with Gasteiger partial charge in [-0.25, -0.2) is 14.4 Å². The number of methoxy groups -OCH3 is 1. The third-order valence-electron chi connectivity index (χ3n) is 5.48. The number of anilines is 1. The molecule has 0 radical (unpaired) electrons. The number of ether oxygens (including phenoxy) is 1. The fourth-order valence-corrected chi connectivity index (χ4v) is 5.00. The minimum absolute atomic E-state index is 0.0775. The SMILES string of the molecule is COc1ccc(C2=NN(c3nc(-c4ccc(Br)cc4)cs3)C(c3ccc(Cl)cc3)C2)cc1F. The van der Waals surface area contributed by atoms with Crippen LogP contribution in [-0.2, 0) is 0 Å². The molecule has 1 aromatic heterocycles. The van der Waals surface area contributed by atoms with Crippen molar-refractivity contribution in [3.8, 4) is 17.0 Å². The molecule has 166 valence electrons. The van der Waals surface area contributed by atoms with E-state index in [-0.39, 0.29) is 11.8 Å². The Morgan fingerprint density at radius 3 is 2.48 bits per heavy atom. The average molecular weight is 543 g/mol. The zero-order valence-electron chi connectivity index (χ0n) is 17.5. The summed E-state index contributed by atoms with van der Waals surface area (Å²) in [6.45, 7) is 0. The van der Waals surface area contributed by atoms with Gasteiger partial charge in [0.05, 0.1) is 24.6 Å². The lowest BCUT2D eigenvalue weighted by Gasteiger charge is -2.21. The van der Waals surface area contributed by atoms with Crippen LogP contribution in [0.2, 0.25) is 5.02 Å². The summed E-state index contributed by atoms with van der Waals surface area (Å²) in [4.78, 5) is 4.86. The molecule has 1 unspecified atom stereocenters. The summed E-state index contributed by atoms with van der Waals surface area (Å²) in [6.07, 6.45) is 0.612. The number of halogens is 3. The zero-order chi connectivity index (χ0) is 22.9. The van der Waals surface area contributed by atoms with Gasteiger partial charge in [0.1, 0.15) is 0 Å². The lowest BCUT2D eigenvalue weighted by molar-refractivity contribution is 0.386. The monoisotopic (exact) mass is 541 g/mol. The van der Waals surface area contributed by atoms with Gasteiger partial charge in [0.2, 0.25) is 5.13 Å². The van der Waals surface area contributed by atoms with Crippen LogP contribution in [0.15, 0.2) is 81.7 Å². The number of benzene rings is 3. The van der Waals surface area contributed by atoms with Crippen LogP contribution in [0.25, 0.3) is 11.3 Å². The van der Waals surface area contributed by atoms with Gasteiger partial charge in [0.15, 0.2) is 11.6 Å². The van der Waals surface area contributed by atoms with Gasteiger partial charge in [0, 0.05) is 32.4 Å². The Kier molecular flexibility index (Phi) is 6.19. The fourth-order valence-electron chi connectivity index (χ4n) is 3.77. The van der Waals surface area contributed by atoms with Crippen molar-refractivity contribution in [3.63, 3.8) is 0 Å². The zero-order valence-corrected chi connectivity index (χ0v) is 20.7. The highest BCUT2D eigenvalue weighted by atomic mass is 79.9. The third kappa shape index (κ3) is 4.53. The molecule has 3 aromatic carbocycles. The summed E-state index contributed by atoms with van der Waals surface area (Å²) in [6, 6.07) is 20.6. The van der Waals surface area contributed by atoms with Crippen LogP contribution in [-0.4, -0.2) is 17.8 Å². The van der Waals surface area contributed by atoms with Crippen molar-refractivity contribution in [2.45, 2.75) is 12.5 Å². The van der Waals surface area contributed by atoms with Crippen LogP contribution in [0.4, 0.5) is 9.52 Å². The third-order valence-corrected chi connectivity index (χ3v) is 7.09. The standard InChI is InChI=1S/C25H18BrClFN3OS/c1-32-24-11-6-17(12-20(24)28)21-13-23(16-4-9-19(27)10-5-16)31(30-21)25-29-22(14-33-25)15-2-7-18(26)8-3-15/h2-12,14,23H,13H2,1H3. The molecule has 1 atom stereocenters. The van der Waals surface area contributed by atoms with E-state index in [9.17, 15) is 4.39 Å². The molecule has 0 spiro atoms. The van der Waals surface area contributed by atoms with E-state index in [1.165, 1.54) is 24.5 Å². The number of hydrogen-bond donors (Lipinski definition) is 0. The minimum atomic E-state index is -0.411. The number of aromatic nitrogens is 1. The molecule has 4 aromatic rings. The summed E-state index contributed by atoms with van der Waals surface area (Å²) >= 11 is 11.1. The molecule has 0 saturated carbocycles. The molecule has 0 amide bonds. The largest absolute Gasteiger partial charge is 0.494 e. The molecule has 0 aliphatic carbocycles. The van der Waals surface area contributed by atoms with Gasteiger partial charge in [0.25, 0.3) is 0 Å². The Hall–Kier alpha value is -2.74. The lowest BCUT2D eigenvalue weighted by Crippen LogP contribution is -2.18. The predicted octanol–water partition coefficient (Wildman–Crippen LogP) is 7.73. The normalized spacial score (nSPS) is 15.6. The van der Waals surface area contributed by atoms with Crippen molar-refractivity contribution in [2.75, 3.05) is 12.1 Å². The van der Waals surface area contributed by atoms with Gasteiger partial charge in [-0.15, -0.1) is 11.3 Å². The van der Waals surface area contributed by atoms with E-state index >= 15 is 0 Å². The fraction of sp³-hybridized carbons (Fsp3) is 0.120. The maximum Gasteiger partial charge on any atom is 0.207 e. The molecule has 0 bridgehead atoms. The molecule has 0 N–H and O–H groups in total. The van der Waals surface area contributed by atoms with Crippen LogP contribution in [0.1, 0.15) is 23.6 Å². The molecule has 33 heavy (non-hydrogen) atoms. The van der Waals surface area contributed by atoms with Crippen LogP contribution < -0.4 is 9.75 Å². The smallest absolute Gasteiger partial charge is 0.207 e. The van der Waals surface area contributed by atoms with Crippen molar-refractivity contribution in [1.29, 1.82) is 0 Å². The van der Waals surface area contributed by atoms with Crippen molar-refractivity contribution in [1.82, 2.24) is 4.98 Å². The van der Waals surface area contributed by atoms with Crippen molar-refractivity contribution in [3.05, 3.63) is 98.5 Å². The Bertz CT molecular complexity index is 1320. The summed E-state index contributed by atoms with van der Waals surface area (Å²) < 4.78 is 20.5. The molecule has 1 aliphatic heterocycles. The molecular weight excluding hydrogens is 525 g/mol. The van der Waals surface area contributed by atoms with Gasteiger partial charge < -0.3 is 4.74 Å². The Morgan fingerprint density at radius 2 is 1.79 bits per heavy atom. The number of nitrogens with zero attached hydrogens (tertiary/aromatic N) is 3. The van der Waals surface area contributed by atoms with Crippen molar-refractivity contribution < 1.29 is 9.13 Å². The van der Waals surface area contributed by atoms with E-state index in [4.69, 9.17) is 26.4 Å². The van der Waals surface area contributed by atoms with E-state index in [2.05, 4.69) is 15.9 Å². The first-order valence-electron chi connectivity index (χ1n) is 10.2. The van der Waals surface area contributed by atoms with Crippen LogP contribution in [0.3, 0.4) is 0 Å².